The molecule has 3 N–H and O–H groups in total. The van der Waals surface area contributed by atoms with Crippen LogP contribution in [0.3, 0.4) is 0 Å². The number of anilines is 2. The number of likely N-dealkylation sites (N-methyl/N-ethyl adjacent to an activating group) is 1. The second-order valence-corrected chi connectivity index (χ2v) is 5.82. The van der Waals surface area contributed by atoms with E-state index in [0.717, 1.165) is 31.9 Å². The molecule has 1 heterocycles. The van der Waals surface area contributed by atoms with Crippen molar-refractivity contribution >= 4 is 28.9 Å². The van der Waals surface area contributed by atoms with E-state index in [0.29, 0.717) is 5.69 Å². The zero-order valence-corrected chi connectivity index (χ0v) is 13.4. The Hall–Kier alpha value is -1.50. The number of aliphatic hydroxyl groups is 1. The summed E-state index contributed by atoms with van der Waals surface area (Å²) in [5, 5.41) is 21.8. The van der Waals surface area contributed by atoms with Crippen molar-refractivity contribution in [2.24, 2.45) is 0 Å². The Balaban J connectivity index is 2.14. The lowest BCUT2D eigenvalue weighted by atomic mass is 10.1. The van der Waals surface area contributed by atoms with Crippen molar-refractivity contribution in [1.29, 1.82) is 0 Å². The van der Waals surface area contributed by atoms with Crippen molar-refractivity contribution in [3.8, 4) is 0 Å². The monoisotopic (exact) mass is 327 g/mol. The number of carboxylic acid groups (broad SMARTS) is 1. The fraction of sp³-hybridized carbons (Fsp3) is 0.533. The molecule has 0 amide bonds. The van der Waals surface area contributed by atoms with Gasteiger partial charge in [0.2, 0.25) is 0 Å². The van der Waals surface area contributed by atoms with Gasteiger partial charge in [-0.3, -0.25) is 0 Å². The van der Waals surface area contributed by atoms with E-state index in [1.807, 2.05) is 6.07 Å². The highest BCUT2D eigenvalue weighted by atomic mass is 35.5. The summed E-state index contributed by atoms with van der Waals surface area (Å²) in [6, 6.07) is 5.34. The predicted molar refractivity (Wildman–Crippen MR) is 88.3 cm³/mol. The van der Waals surface area contributed by atoms with Crippen LogP contribution in [-0.2, 0) is 0 Å². The Kier molecular flexibility index (Phi) is 5.88. The number of nitrogens with one attached hydrogen (secondary N) is 1. The molecule has 2 rings (SSSR count). The number of rotatable bonds is 6. The lowest BCUT2D eigenvalue weighted by Crippen LogP contribution is -2.44. The normalized spacial score (nSPS) is 17.3. The maximum absolute atomic E-state index is 11.5. The minimum Gasteiger partial charge on any atom is -0.478 e. The van der Waals surface area contributed by atoms with E-state index < -0.39 is 12.1 Å². The molecule has 1 saturated heterocycles. The van der Waals surface area contributed by atoms with E-state index in [1.165, 1.54) is 0 Å². The number of aromatic carboxylic acids is 1. The molecule has 1 aliphatic heterocycles. The highest BCUT2D eigenvalue weighted by Gasteiger charge is 2.18. The van der Waals surface area contributed by atoms with Crippen LogP contribution in [0.5, 0.6) is 0 Å². The third kappa shape index (κ3) is 4.25. The van der Waals surface area contributed by atoms with Crippen LogP contribution in [0.15, 0.2) is 18.2 Å². The van der Waals surface area contributed by atoms with Crippen LogP contribution < -0.4 is 10.2 Å². The Morgan fingerprint density at radius 2 is 2.05 bits per heavy atom. The summed E-state index contributed by atoms with van der Waals surface area (Å²) in [5.74, 6) is -0.881. The van der Waals surface area contributed by atoms with Crippen LogP contribution in [0.25, 0.3) is 0 Å². The van der Waals surface area contributed by atoms with E-state index in [2.05, 4.69) is 22.2 Å². The standard InChI is InChI=1S/C15H22ClN3O3/c1-18-4-6-19(7-5-18)11-2-3-14(13(8-11)15(21)22)17-10-12(20)9-16/h2-3,8,12,17,20H,4-7,9-10H2,1H3,(H,21,22). The number of benzene rings is 1. The summed E-state index contributed by atoms with van der Waals surface area (Å²) in [4.78, 5) is 15.9. The van der Waals surface area contributed by atoms with E-state index in [1.54, 1.807) is 12.1 Å². The molecular formula is C15H22ClN3O3. The van der Waals surface area contributed by atoms with Crippen molar-refractivity contribution in [2.75, 3.05) is 55.9 Å². The molecule has 0 radical (unpaired) electrons. The summed E-state index contributed by atoms with van der Waals surface area (Å²) in [6.45, 7) is 3.91. The summed E-state index contributed by atoms with van der Waals surface area (Å²) < 4.78 is 0. The summed E-state index contributed by atoms with van der Waals surface area (Å²) in [5.41, 5.74) is 1.61. The highest BCUT2D eigenvalue weighted by Crippen LogP contribution is 2.24. The minimum atomic E-state index is -0.987. The molecule has 0 aliphatic carbocycles. The lowest BCUT2D eigenvalue weighted by Gasteiger charge is -2.34. The molecule has 0 aromatic heterocycles. The van der Waals surface area contributed by atoms with Gasteiger partial charge in [-0.1, -0.05) is 0 Å². The van der Waals surface area contributed by atoms with Crippen LogP contribution in [-0.4, -0.2) is 72.8 Å². The number of hydrogen-bond donors (Lipinski definition) is 3. The number of carboxylic acids is 1. The molecule has 6 nitrogen and oxygen atoms in total. The third-order valence-electron chi connectivity index (χ3n) is 3.81. The van der Waals surface area contributed by atoms with Gasteiger partial charge in [0.1, 0.15) is 0 Å². The molecule has 1 aromatic carbocycles. The van der Waals surface area contributed by atoms with Crippen LogP contribution >= 0.6 is 11.6 Å². The van der Waals surface area contributed by atoms with Gasteiger partial charge in [0.05, 0.1) is 17.5 Å². The number of aliphatic hydroxyl groups excluding tert-OH is 1. The van der Waals surface area contributed by atoms with E-state index in [9.17, 15) is 15.0 Å². The Bertz CT molecular complexity index is 519. The largest absolute Gasteiger partial charge is 0.478 e. The number of hydrogen-bond acceptors (Lipinski definition) is 5. The van der Waals surface area contributed by atoms with Gasteiger partial charge in [-0.2, -0.15) is 0 Å². The molecule has 1 aromatic rings. The van der Waals surface area contributed by atoms with E-state index >= 15 is 0 Å². The molecule has 7 heteroatoms. The SMILES string of the molecule is CN1CCN(c2ccc(NCC(O)CCl)c(C(=O)O)c2)CC1. The fourth-order valence-corrected chi connectivity index (χ4v) is 2.52. The molecule has 1 atom stereocenters. The Morgan fingerprint density at radius 1 is 1.36 bits per heavy atom. The first-order chi connectivity index (χ1) is 10.5. The minimum absolute atomic E-state index is 0.106. The van der Waals surface area contributed by atoms with E-state index in [-0.39, 0.29) is 18.0 Å². The average molecular weight is 328 g/mol. The van der Waals surface area contributed by atoms with Crippen molar-refractivity contribution in [1.82, 2.24) is 4.90 Å². The van der Waals surface area contributed by atoms with Crippen LogP contribution in [0.2, 0.25) is 0 Å². The predicted octanol–water partition coefficient (Wildman–Crippen LogP) is 1.15. The molecule has 0 spiro atoms. The fourth-order valence-electron chi connectivity index (χ4n) is 2.41. The van der Waals surface area contributed by atoms with Crippen molar-refractivity contribution in [3.05, 3.63) is 23.8 Å². The Morgan fingerprint density at radius 3 is 2.64 bits per heavy atom. The highest BCUT2D eigenvalue weighted by molar-refractivity contribution is 6.18. The van der Waals surface area contributed by atoms with Gasteiger partial charge in [-0.25, -0.2) is 4.79 Å². The molecule has 1 fully saturated rings. The van der Waals surface area contributed by atoms with E-state index in [4.69, 9.17) is 11.6 Å². The zero-order valence-electron chi connectivity index (χ0n) is 12.6. The zero-order chi connectivity index (χ0) is 16.1. The number of nitrogens with zero attached hydrogens (tertiary/aromatic N) is 2. The first-order valence-corrected chi connectivity index (χ1v) is 7.83. The van der Waals surface area contributed by atoms with Gasteiger partial charge in [0.25, 0.3) is 0 Å². The van der Waals surface area contributed by atoms with Gasteiger partial charge in [-0.05, 0) is 25.2 Å². The third-order valence-corrected chi connectivity index (χ3v) is 4.16. The molecule has 22 heavy (non-hydrogen) atoms. The smallest absolute Gasteiger partial charge is 0.337 e. The molecule has 0 saturated carbocycles. The van der Waals surface area contributed by atoms with Crippen molar-refractivity contribution < 1.29 is 15.0 Å². The van der Waals surface area contributed by atoms with Gasteiger partial charge < -0.3 is 25.3 Å². The quantitative estimate of drug-likeness (QED) is 0.681. The summed E-state index contributed by atoms with van der Waals surface area (Å²) in [7, 11) is 2.08. The number of alkyl halides is 1. The first-order valence-electron chi connectivity index (χ1n) is 7.30. The van der Waals surface area contributed by atoms with Gasteiger partial charge >= 0.3 is 5.97 Å². The molecule has 122 valence electrons. The number of carbonyl (C=O) groups is 1. The number of piperazine rings is 1. The molecule has 1 unspecified atom stereocenters. The lowest BCUT2D eigenvalue weighted by molar-refractivity contribution is 0.0697. The van der Waals surface area contributed by atoms with Crippen LogP contribution in [0.1, 0.15) is 10.4 Å². The maximum atomic E-state index is 11.5. The summed E-state index contributed by atoms with van der Waals surface area (Å²) in [6.07, 6.45) is -0.708. The topological polar surface area (TPSA) is 76.0 Å². The van der Waals surface area contributed by atoms with Crippen molar-refractivity contribution in [3.63, 3.8) is 0 Å². The van der Waals surface area contributed by atoms with Crippen molar-refractivity contribution in [2.45, 2.75) is 6.10 Å². The average Bonchev–Trinajstić information content (AvgIpc) is 2.53. The van der Waals surface area contributed by atoms with Crippen LogP contribution in [0.4, 0.5) is 11.4 Å². The van der Waals surface area contributed by atoms with Crippen LogP contribution in [0, 0.1) is 0 Å². The first kappa shape index (κ1) is 16.9. The molecular weight excluding hydrogens is 306 g/mol. The number of halogens is 1. The summed E-state index contributed by atoms with van der Waals surface area (Å²) >= 11 is 5.54. The second-order valence-electron chi connectivity index (χ2n) is 5.51. The second kappa shape index (κ2) is 7.67. The molecule has 1 aliphatic rings. The Labute approximate surface area is 135 Å². The van der Waals surface area contributed by atoms with Gasteiger partial charge in [-0.15, -0.1) is 11.6 Å². The maximum Gasteiger partial charge on any atom is 0.337 e. The van der Waals surface area contributed by atoms with Gasteiger partial charge in [0, 0.05) is 44.1 Å². The van der Waals surface area contributed by atoms with Gasteiger partial charge in [0.15, 0.2) is 0 Å². The molecule has 0 bridgehead atoms.